The van der Waals surface area contributed by atoms with Crippen LogP contribution < -0.4 is 0 Å². The lowest BCUT2D eigenvalue weighted by molar-refractivity contribution is 0.0730. The van der Waals surface area contributed by atoms with Gasteiger partial charge < -0.3 is 9.30 Å². The molecule has 186 valence electrons. The van der Waals surface area contributed by atoms with Gasteiger partial charge in [-0.3, -0.25) is 4.79 Å². The van der Waals surface area contributed by atoms with E-state index < -0.39 is 10.0 Å². The van der Waals surface area contributed by atoms with Gasteiger partial charge in [0.1, 0.15) is 0 Å². The predicted molar refractivity (Wildman–Crippen MR) is 142 cm³/mol. The molecule has 0 saturated carbocycles. The van der Waals surface area contributed by atoms with Crippen LogP contribution in [0.4, 0.5) is 0 Å². The Bertz CT molecular complexity index is 1480. The number of aromatic nitrogens is 2. The predicted octanol–water partition coefficient (Wildman–Crippen LogP) is 4.72. The van der Waals surface area contributed by atoms with Gasteiger partial charge in [0.05, 0.1) is 34.9 Å². The summed E-state index contributed by atoms with van der Waals surface area (Å²) in [5, 5.41) is 0.697. The number of rotatable bonds is 8. The molecule has 0 spiro atoms. The molecule has 0 unspecified atom stereocenters. The van der Waals surface area contributed by atoms with E-state index in [1.54, 1.807) is 18.2 Å². The van der Waals surface area contributed by atoms with Crippen molar-refractivity contribution in [2.24, 2.45) is 0 Å². The minimum absolute atomic E-state index is 0.0184. The lowest BCUT2D eigenvalue weighted by atomic mass is 10.0. The van der Waals surface area contributed by atoms with Gasteiger partial charge in [-0.2, -0.15) is 4.31 Å². The summed E-state index contributed by atoms with van der Waals surface area (Å²) in [6.07, 6.45) is 0. The van der Waals surface area contributed by atoms with Crippen molar-refractivity contribution >= 4 is 38.6 Å². The summed E-state index contributed by atoms with van der Waals surface area (Å²) in [5.74, 6) is 0.261. The molecule has 1 fully saturated rings. The molecule has 0 N–H and O–H groups in total. The van der Waals surface area contributed by atoms with Crippen LogP contribution in [0.25, 0.3) is 22.2 Å². The molecule has 4 aromatic rings. The normalized spacial score (nSPS) is 14.8. The van der Waals surface area contributed by atoms with Crippen LogP contribution >= 0.6 is 11.8 Å². The number of imidazole rings is 1. The van der Waals surface area contributed by atoms with E-state index in [-0.39, 0.29) is 16.4 Å². The molecule has 7 nitrogen and oxygen atoms in total. The fourth-order valence-electron chi connectivity index (χ4n) is 4.29. The quantitative estimate of drug-likeness (QED) is 0.247. The van der Waals surface area contributed by atoms with Crippen LogP contribution in [-0.2, 0) is 21.3 Å². The summed E-state index contributed by atoms with van der Waals surface area (Å²) in [6, 6.07) is 22.7. The van der Waals surface area contributed by atoms with Crippen LogP contribution in [0.3, 0.4) is 0 Å². The first-order valence-corrected chi connectivity index (χ1v) is 14.3. The number of hydrogen-bond acceptors (Lipinski definition) is 6. The fourth-order valence-corrected chi connectivity index (χ4v) is 6.69. The smallest absolute Gasteiger partial charge is 0.243 e. The van der Waals surface area contributed by atoms with Crippen molar-refractivity contribution in [1.82, 2.24) is 13.9 Å². The number of thioether (sulfide) groups is 1. The molecule has 2 heterocycles. The van der Waals surface area contributed by atoms with E-state index >= 15 is 0 Å². The lowest BCUT2D eigenvalue weighted by Gasteiger charge is -2.26. The topological polar surface area (TPSA) is 81.5 Å². The van der Waals surface area contributed by atoms with Gasteiger partial charge in [-0.1, -0.05) is 66.4 Å². The van der Waals surface area contributed by atoms with Gasteiger partial charge in [0.15, 0.2) is 10.9 Å². The largest absolute Gasteiger partial charge is 0.379 e. The minimum Gasteiger partial charge on any atom is -0.379 e. The second-order valence-electron chi connectivity index (χ2n) is 8.46. The molecule has 3 aromatic carbocycles. The molecular weight excluding hydrogens is 494 g/mol. The van der Waals surface area contributed by atoms with Crippen LogP contribution in [0.15, 0.2) is 82.8 Å². The molecule has 0 atom stereocenters. The summed E-state index contributed by atoms with van der Waals surface area (Å²) >= 11 is 1.37. The number of benzene rings is 3. The van der Waals surface area contributed by atoms with Gasteiger partial charge in [-0.15, -0.1) is 0 Å². The summed E-state index contributed by atoms with van der Waals surface area (Å²) in [4.78, 5) is 17.8. The Morgan fingerprint density at radius 3 is 2.36 bits per heavy atom. The Hall–Kier alpha value is -2.98. The zero-order chi connectivity index (χ0) is 25.1. The van der Waals surface area contributed by atoms with E-state index in [2.05, 4.69) is 4.98 Å². The third kappa shape index (κ3) is 4.97. The lowest BCUT2D eigenvalue weighted by Crippen LogP contribution is -2.40. The zero-order valence-corrected chi connectivity index (χ0v) is 21.6. The maximum atomic E-state index is 13.1. The Morgan fingerprint density at radius 1 is 0.972 bits per heavy atom. The average molecular weight is 522 g/mol. The third-order valence-electron chi connectivity index (χ3n) is 6.26. The molecule has 0 bridgehead atoms. The highest BCUT2D eigenvalue weighted by Crippen LogP contribution is 2.28. The van der Waals surface area contributed by atoms with Gasteiger partial charge in [0.25, 0.3) is 0 Å². The molecule has 1 saturated heterocycles. The number of carbonyl (C=O) groups is 1. The molecular formula is C27H27N3O4S2. The fraction of sp³-hybridized carbons (Fsp3) is 0.259. The molecule has 1 aliphatic rings. The number of ketones is 1. The van der Waals surface area contributed by atoms with Gasteiger partial charge in [0, 0.05) is 25.2 Å². The van der Waals surface area contributed by atoms with Gasteiger partial charge in [0.2, 0.25) is 10.0 Å². The first kappa shape index (κ1) is 24.7. The molecule has 0 radical (unpaired) electrons. The summed E-state index contributed by atoms with van der Waals surface area (Å²) in [6.45, 7) is 4.16. The monoisotopic (exact) mass is 521 g/mol. The van der Waals surface area contributed by atoms with Crippen LogP contribution in [0.5, 0.6) is 0 Å². The first-order chi connectivity index (χ1) is 17.5. The average Bonchev–Trinajstić information content (AvgIpc) is 3.29. The molecule has 36 heavy (non-hydrogen) atoms. The van der Waals surface area contributed by atoms with Crippen LogP contribution in [-0.4, -0.2) is 60.1 Å². The van der Waals surface area contributed by atoms with Crippen molar-refractivity contribution in [2.75, 3.05) is 32.1 Å². The summed E-state index contributed by atoms with van der Waals surface area (Å²) in [5.41, 5.74) is 4.28. The van der Waals surface area contributed by atoms with E-state index in [4.69, 9.17) is 4.74 Å². The standard InChI is InChI=1S/C27H27N3O4S2/c1-2-30-25-13-12-23(36(32,33)29-14-16-34-17-15-29)18-24(25)28-27(30)35-19-26(31)22-10-8-21(9-11-22)20-6-4-3-5-7-20/h3-13,18H,2,14-17,19H2,1H3. The van der Waals surface area contributed by atoms with E-state index in [1.807, 2.05) is 66.1 Å². The van der Waals surface area contributed by atoms with Crippen LogP contribution in [0.1, 0.15) is 17.3 Å². The molecule has 0 amide bonds. The van der Waals surface area contributed by atoms with Crippen molar-refractivity contribution < 1.29 is 17.9 Å². The van der Waals surface area contributed by atoms with E-state index in [1.165, 1.54) is 16.1 Å². The molecule has 1 aromatic heterocycles. The molecule has 9 heteroatoms. The number of sulfonamides is 1. The SMILES string of the molecule is CCn1c(SCC(=O)c2ccc(-c3ccccc3)cc2)nc2cc(S(=O)(=O)N3CCOCC3)ccc21. The van der Waals surface area contributed by atoms with Crippen LogP contribution in [0.2, 0.25) is 0 Å². The number of morpholine rings is 1. The van der Waals surface area contributed by atoms with Gasteiger partial charge in [-0.05, 0) is 36.2 Å². The Labute approximate surface area is 215 Å². The molecule has 5 rings (SSSR count). The van der Waals surface area contributed by atoms with Gasteiger partial charge >= 0.3 is 0 Å². The highest BCUT2D eigenvalue weighted by atomic mass is 32.2. The van der Waals surface area contributed by atoms with E-state index in [0.29, 0.717) is 49.1 Å². The highest BCUT2D eigenvalue weighted by molar-refractivity contribution is 7.99. The first-order valence-electron chi connectivity index (χ1n) is 11.9. The van der Waals surface area contributed by atoms with E-state index in [0.717, 1.165) is 16.6 Å². The number of aryl methyl sites for hydroxylation is 1. The zero-order valence-electron chi connectivity index (χ0n) is 20.0. The Kier molecular flexibility index (Phi) is 7.25. The maximum Gasteiger partial charge on any atom is 0.243 e. The van der Waals surface area contributed by atoms with Crippen molar-refractivity contribution in [1.29, 1.82) is 0 Å². The summed E-state index contributed by atoms with van der Waals surface area (Å²) in [7, 11) is -3.61. The number of fused-ring (bicyclic) bond motifs is 1. The minimum atomic E-state index is -3.61. The number of hydrogen-bond donors (Lipinski definition) is 0. The molecule has 0 aliphatic carbocycles. The third-order valence-corrected chi connectivity index (χ3v) is 9.13. The van der Waals surface area contributed by atoms with E-state index in [9.17, 15) is 13.2 Å². The van der Waals surface area contributed by atoms with Crippen molar-refractivity contribution in [3.8, 4) is 11.1 Å². The van der Waals surface area contributed by atoms with Crippen LogP contribution in [0, 0.1) is 0 Å². The number of nitrogens with zero attached hydrogens (tertiary/aromatic N) is 3. The van der Waals surface area contributed by atoms with Crippen molar-refractivity contribution in [3.63, 3.8) is 0 Å². The van der Waals surface area contributed by atoms with Gasteiger partial charge in [-0.25, -0.2) is 13.4 Å². The summed E-state index contributed by atoms with van der Waals surface area (Å²) < 4.78 is 34.9. The second kappa shape index (κ2) is 10.6. The maximum absolute atomic E-state index is 13.1. The van der Waals surface area contributed by atoms with Crippen molar-refractivity contribution in [2.45, 2.75) is 23.5 Å². The number of carbonyl (C=O) groups excluding carboxylic acids is 1. The number of ether oxygens (including phenoxy) is 1. The highest BCUT2D eigenvalue weighted by Gasteiger charge is 2.27. The Morgan fingerprint density at radius 2 is 1.67 bits per heavy atom. The second-order valence-corrected chi connectivity index (χ2v) is 11.3. The molecule has 1 aliphatic heterocycles. The Balaban J connectivity index is 1.33. The number of Topliss-reactive ketones (excluding diaryl/α,β-unsaturated/α-hetero) is 1. The van der Waals surface area contributed by atoms with Crippen molar-refractivity contribution in [3.05, 3.63) is 78.4 Å².